The first kappa shape index (κ1) is 13.6. The van der Waals surface area contributed by atoms with Crippen molar-refractivity contribution < 1.29 is 13.2 Å². The van der Waals surface area contributed by atoms with Gasteiger partial charge in [-0.05, 0) is 12.8 Å². The van der Waals surface area contributed by atoms with Crippen molar-refractivity contribution in [3.8, 4) is 0 Å². The highest BCUT2D eigenvalue weighted by Crippen LogP contribution is 2.33. The van der Waals surface area contributed by atoms with Crippen LogP contribution in [0.15, 0.2) is 6.20 Å². The van der Waals surface area contributed by atoms with Gasteiger partial charge in [0.15, 0.2) is 5.65 Å². The number of aromatic nitrogens is 4. The van der Waals surface area contributed by atoms with Crippen LogP contribution in [0.25, 0.3) is 11.0 Å². The van der Waals surface area contributed by atoms with Gasteiger partial charge in [0.25, 0.3) is 0 Å². The number of hydrogen-bond acceptors (Lipinski definition) is 3. The molecule has 20 heavy (non-hydrogen) atoms. The second-order valence-corrected chi connectivity index (χ2v) is 5.31. The summed E-state index contributed by atoms with van der Waals surface area (Å²) in [5.74, 6) is -1.22. The summed E-state index contributed by atoms with van der Waals surface area (Å²) in [4.78, 5) is 6.93. The highest BCUT2D eigenvalue weighted by Gasteiger charge is 2.36. The molecule has 0 bridgehead atoms. The van der Waals surface area contributed by atoms with E-state index in [1.54, 1.807) is 4.68 Å². The fourth-order valence-corrected chi connectivity index (χ4v) is 2.82. The molecule has 2 heterocycles. The van der Waals surface area contributed by atoms with Crippen LogP contribution in [0.3, 0.4) is 0 Å². The predicted molar refractivity (Wildman–Crippen MR) is 67.5 cm³/mol. The van der Waals surface area contributed by atoms with Crippen molar-refractivity contribution in [3.63, 3.8) is 0 Å². The van der Waals surface area contributed by atoms with E-state index in [0.29, 0.717) is 5.39 Å². The van der Waals surface area contributed by atoms with Crippen LogP contribution >= 0.6 is 11.6 Å². The topological polar surface area (TPSA) is 43.6 Å². The third kappa shape index (κ3) is 2.34. The van der Waals surface area contributed by atoms with E-state index in [4.69, 9.17) is 11.6 Å². The van der Waals surface area contributed by atoms with Gasteiger partial charge in [-0.1, -0.05) is 30.9 Å². The van der Waals surface area contributed by atoms with E-state index in [-0.39, 0.29) is 16.8 Å². The Morgan fingerprint density at radius 3 is 2.50 bits per heavy atom. The van der Waals surface area contributed by atoms with E-state index >= 15 is 0 Å². The summed E-state index contributed by atoms with van der Waals surface area (Å²) in [6.07, 6.45) is 1.89. The van der Waals surface area contributed by atoms with Crippen molar-refractivity contribution in [2.24, 2.45) is 0 Å². The van der Waals surface area contributed by atoms with Gasteiger partial charge in [0.1, 0.15) is 5.15 Å². The van der Waals surface area contributed by atoms with E-state index in [9.17, 15) is 13.2 Å². The lowest BCUT2D eigenvalue weighted by Gasteiger charge is -2.22. The van der Waals surface area contributed by atoms with Gasteiger partial charge in [-0.3, -0.25) is 0 Å². The Balaban J connectivity index is 2.12. The van der Waals surface area contributed by atoms with Crippen LogP contribution in [0.4, 0.5) is 13.2 Å². The van der Waals surface area contributed by atoms with Gasteiger partial charge in [-0.2, -0.15) is 18.3 Å². The first-order chi connectivity index (χ1) is 9.47. The van der Waals surface area contributed by atoms with Gasteiger partial charge >= 0.3 is 6.18 Å². The molecule has 2 aromatic heterocycles. The molecule has 3 rings (SSSR count). The van der Waals surface area contributed by atoms with Gasteiger partial charge in [0, 0.05) is 0 Å². The molecule has 2 aromatic rings. The summed E-state index contributed by atoms with van der Waals surface area (Å²) in [5, 5.41) is 4.33. The van der Waals surface area contributed by atoms with E-state index in [1.165, 1.54) is 6.20 Å². The maximum atomic E-state index is 12.8. The molecule has 4 nitrogen and oxygen atoms in total. The summed E-state index contributed by atoms with van der Waals surface area (Å²) in [6, 6.07) is 0.0910. The lowest BCUT2D eigenvalue weighted by molar-refractivity contribution is -0.144. The largest absolute Gasteiger partial charge is 0.451 e. The molecule has 0 amide bonds. The van der Waals surface area contributed by atoms with Gasteiger partial charge in [-0.25, -0.2) is 14.6 Å². The first-order valence-electron chi connectivity index (χ1n) is 6.45. The van der Waals surface area contributed by atoms with Crippen LogP contribution in [-0.2, 0) is 6.18 Å². The summed E-state index contributed by atoms with van der Waals surface area (Å²) in [7, 11) is 0. The van der Waals surface area contributed by atoms with Crippen molar-refractivity contribution in [2.45, 2.75) is 44.3 Å². The highest BCUT2D eigenvalue weighted by molar-refractivity contribution is 6.33. The van der Waals surface area contributed by atoms with Crippen molar-refractivity contribution in [1.29, 1.82) is 0 Å². The zero-order valence-electron chi connectivity index (χ0n) is 10.5. The van der Waals surface area contributed by atoms with Crippen LogP contribution in [0.1, 0.15) is 44.0 Å². The molecule has 0 N–H and O–H groups in total. The lowest BCUT2D eigenvalue weighted by atomic mass is 9.96. The summed E-state index contributed by atoms with van der Waals surface area (Å²) >= 11 is 5.82. The smallest absolute Gasteiger partial charge is 0.244 e. The number of halogens is 4. The Hall–Kier alpha value is -1.37. The highest BCUT2D eigenvalue weighted by atomic mass is 35.5. The number of fused-ring (bicyclic) bond motifs is 1. The third-order valence-electron chi connectivity index (χ3n) is 3.58. The fraction of sp³-hybridized carbons (Fsp3) is 0.583. The van der Waals surface area contributed by atoms with Crippen molar-refractivity contribution >= 4 is 22.6 Å². The maximum absolute atomic E-state index is 12.8. The fourth-order valence-electron chi connectivity index (χ4n) is 2.61. The van der Waals surface area contributed by atoms with E-state index in [2.05, 4.69) is 15.1 Å². The number of hydrogen-bond donors (Lipinski definition) is 0. The van der Waals surface area contributed by atoms with Crippen molar-refractivity contribution in [2.75, 3.05) is 0 Å². The Labute approximate surface area is 118 Å². The van der Waals surface area contributed by atoms with Gasteiger partial charge in [-0.15, -0.1) is 0 Å². The van der Waals surface area contributed by atoms with Crippen LogP contribution in [-0.4, -0.2) is 19.7 Å². The monoisotopic (exact) mass is 304 g/mol. The lowest BCUT2D eigenvalue weighted by Crippen LogP contribution is -2.16. The molecule has 1 aliphatic carbocycles. The molecule has 1 fully saturated rings. The summed E-state index contributed by atoms with van der Waals surface area (Å²) in [5.41, 5.74) is 0.171. The number of rotatable bonds is 1. The molecule has 8 heteroatoms. The Morgan fingerprint density at radius 2 is 1.85 bits per heavy atom. The molecule has 0 unspecified atom stereocenters. The quantitative estimate of drug-likeness (QED) is 0.748. The molecule has 1 aliphatic rings. The second kappa shape index (κ2) is 4.87. The average Bonchev–Trinajstić information content (AvgIpc) is 2.83. The standard InChI is InChI=1S/C12H12ClF3N4/c13-9-8-6-17-20(7-4-2-1-3-5-7)10(8)19-11(18-9)12(14,15)16/h6-7H,1-5H2. The predicted octanol–water partition coefficient (Wildman–Crippen LogP) is 4.00. The van der Waals surface area contributed by atoms with Crippen LogP contribution < -0.4 is 0 Å². The summed E-state index contributed by atoms with van der Waals surface area (Å²) in [6.45, 7) is 0. The normalized spacial score (nSPS) is 17.8. The average molecular weight is 305 g/mol. The molecule has 1 saturated carbocycles. The number of alkyl halides is 3. The Kier molecular flexibility index (Phi) is 3.32. The molecule has 0 atom stereocenters. The minimum absolute atomic E-state index is 0.0910. The zero-order valence-corrected chi connectivity index (χ0v) is 11.2. The molecule has 108 valence electrons. The second-order valence-electron chi connectivity index (χ2n) is 4.95. The summed E-state index contributed by atoms with van der Waals surface area (Å²) < 4.78 is 39.9. The van der Waals surface area contributed by atoms with E-state index in [0.717, 1.165) is 32.1 Å². The van der Waals surface area contributed by atoms with E-state index < -0.39 is 12.0 Å². The minimum Gasteiger partial charge on any atom is -0.244 e. The molecular formula is C12H12ClF3N4. The van der Waals surface area contributed by atoms with Crippen molar-refractivity contribution in [3.05, 3.63) is 17.2 Å². The van der Waals surface area contributed by atoms with Gasteiger partial charge in [0.05, 0.1) is 17.6 Å². The Morgan fingerprint density at radius 1 is 1.15 bits per heavy atom. The molecule has 0 aromatic carbocycles. The molecule has 0 spiro atoms. The Bertz CT molecular complexity index is 631. The maximum Gasteiger partial charge on any atom is 0.451 e. The van der Waals surface area contributed by atoms with Crippen LogP contribution in [0, 0.1) is 0 Å². The minimum atomic E-state index is -4.61. The molecule has 0 radical (unpaired) electrons. The van der Waals surface area contributed by atoms with Crippen molar-refractivity contribution in [1.82, 2.24) is 19.7 Å². The number of nitrogens with zero attached hydrogens (tertiary/aromatic N) is 4. The van der Waals surface area contributed by atoms with Crippen LogP contribution in [0.2, 0.25) is 5.15 Å². The van der Waals surface area contributed by atoms with Gasteiger partial charge < -0.3 is 0 Å². The van der Waals surface area contributed by atoms with E-state index in [1.807, 2.05) is 0 Å². The third-order valence-corrected chi connectivity index (χ3v) is 3.87. The zero-order chi connectivity index (χ0) is 14.3. The molecule has 0 aliphatic heterocycles. The molecule has 0 saturated heterocycles. The first-order valence-corrected chi connectivity index (χ1v) is 6.82. The van der Waals surface area contributed by atoms with Gasteiger partial charge in [0.2, 0.25) is 5.82 Å². The molecular weight excluding hydrogens is 293 g/mol. The van der Waals surface area contributed by atoms with Crippen LogP contribution in [0.5, 0.6) is 0 Å². The SMILES string of the molecule is FC(F)(F)c1nc(Cl)c2cnn(C3CCCCC3)c2n1.